The molecule has 2 heterocycles. The normalized spacial score (nSPS) is 17.4. The highest BCUT2D eigenvalue weighted by molar-refractivity contribution is 7.13. The van der Waals surface area contributed by atoms with E-state index < -0.39 is 5.95 Å². The van der Waals surface area contributed by atoms with E-state index in [1.54, 1.807) is 6.07 Å². The zero-order valence-corrected chi connectivity index (χ0v) is 9.85. The molecule has 0 bridgehead atoms. The lowest BCUT2D eigenvalue weighted by Crippen LogP contribution is -1.95. The summed E-state index contributed by atoms with van der Waals surface area (Å²) in [4.78, 5) is 7.72. The van der Waals surface area contributed by atoms with Crippen LogP contribution in [-0.4, -0.2) is 9.97 Å². The highest BCUT2D eigenvalue weighted by atomic mass is 35.5. The van der Waals surface area contributed by atoms with Gasteiger partial charge in [-0.2, -0.15) is 4.39 Å². The third kappa shape index (κ3) is 1.72. The Balaban J connectivity index is 1.98. The molecule has 0 radical (unpaired) electrons. The summed E-state index contributed by atoms with van der Waals surface area (Å²) < 4.78 is 12.9. The van der Waals surface area contributed by atoms with Crippen molar-refractivity contribution in [3.63, 3.8) is 0 Å². The molecule has 0 spiro atoms. The first-order chi connectivity index (χ1) is 7.67. The van der Waals surface area contributed by atoms with Crippen LogP contribution in [0, 0.1) is 5.95 Å². The minimum absolute atomic E-state index is 0.250. The summed E-state index contributed by atoms with van der Waals surface area (Å²) in [7, 11) is 0. The maximum atomic E-state index is 12.9. The molecule has 1 aliphatic rings. The van der Waals surface area contributed by atoms with Crippen LogP contribution in [0.4, 0.5) is 4.39 Å². The van der Waals surface area contributed by atoms with Gasteiger partial charge in [-0.05, 0) is 18.9 Å². The lowest BCUT2D eigenvalue weighted by atomic mass is 10.3. The highest BCUT2D eigenvalue weighted by Crippen LogP contribution is 2.52. The second-order valence-electron chi connectivity index (χ2n) is 3.87. The molecule has 0 atom stereocenters. The number of aromatic nitrogens is 2. The van der Waals surface area contributed by atoms with Crippen LogP contribution in [0.25, 0.3) is 10.6 Å². The first-order valence-electron chi connectivity index (χ1n) is 4.94. The van der Waals surface area contributed by atoms with Crippen LogP contribution in [0.2, 0.25) is 0 Å². The fraction of sp³-hybridized carbons (Fsp3) is 0.273. The zero-order valence-electron chi connectivity index (χ0n) is 8.28. The average Bonchev–Trinajstić information content (AvgIpc) is 2.83. The van der Waals surface area contributed by atoms with Gasteiger partial charge in [-0.15, -0.1) is 22.9 Å². The molecule has 2 nitrogen and oxygen atoms in total. The molecular weight excluding hydrogens is 247 g/mol. The molecule has 2 aromatic rings. The highest BCUT2D eigenvalue weighted by Gasteiger charge is 2.44. The zero-order chi connectivity index (χ0) is 11.2. The molecule has 3 rings (SSSR count). The molecule has 2 aromatic heterocycles. The number of hydrogen-bond acceptors (Lipinski definition) is 3. The lowest BCUT2D eigenvalue weighted by Gasteiger charge is -1.99. The van der Waals surface area contributed by atoms with Crippen LogP contribution in [0.15, 0.2) is 23.7 Å². The van der Waals surface area contributed by atoms with Crippen LogP contribution in [-0.2, 0) is 4.87 Å². The SMILES string of the molecule is Fc1cc(-c2nc(C3(Cl)CC3)cs2)ccn1. The number of thiazole rings is 1. The van der Waals surface area contributed by atoms with Gasteiger partial charge >= 0.3 is 0 Å². The molecule has 0 aromatic carbocycles. The van der Waals surface area contributed by atoms with Gasteiger partial charge in [0, 0.05) is 23.2 Å². The molecule has 0 amide bonds. The van der Waals surface area contributed by atoms with E-state index in [-0.39, 0.29) is 4.87 Å². The van der Waals surface area contributed by atoms with Gasteiger partial charge in [-0.25, -0.2) is 9.97 Å². The van der Waals surface area contributed by atoms with E-state index in [1.165, 1.54) is 23.6 Å². The Morgan fingerprint density at radius 3 is 2.94 bits per heavy atom. The van der Waals surface area contributed by atoms with E-state index in [2.05, 4.69) is 9.97 Å². The third-order valence-corrected chi connectivity index (χ3v) is 4.09. The quantitative estimate of drug-likeness (QED) is 0.605. The molecule has 82 valence electrons. The molecule has 0 saturated heterocycles. The lowest BCUT2D eigenvalue weighted by molar-refractivity contribution is 0.584. The van der Waals surface area contributed by atoms with Crippen molar-refractivity contribution in [3.05, 3.63) is 35.4 Å². The predicted octanol–water partition coefficient (Wildman–Crippen LogP) is 3.57. The summed E-state index contributed by atoms with van der Waals surface area (Å²) in [5, 5.41) is 2.75. The molecule has 1 saturated carbocycles. The summed E-state index contributed by atoms with van der Waals surface area (Å²) in [6.45, 7) is 0. The number of alkyl halides is 1. The molecular formula is C11H8ClFN2S. The Morgan fingerprint density at radius 1 is 1.44 bits per heavy atom. The second-order valence-corrected chi connectivity index (χ2v) is 5.45. The Bertz CT molecular complexity index is 536. The standard InChI is InChI=1S/C11H8ClFN2S/c12-11(2-3-11)8-6-16-10(15-8)7-1-4-14-9(13)5-7/h1,4-6H,2-3H2. The van der Waals surface area contributed by atoms with E-state index >= 15 is 0 Å². The molecule has 16 heavy (non-hydrogen) atoms. The maximum Gasteiger partial charge on any atom is 0.213 e. The van der Waals surface area contributed by atoms with Crippen LogP contribution < -0.4 is 0 Å². The van der Waals surface area contributed by atoms with E-state index in [1.807, 2.05) is 5.38 Å². The fourth-order valence-electron chi connectivity index (χ4n) is 1.51. The minimum Gasteiger partial charge on any atom is -0.239 e. The van der Waals surface area contributed by atoms with Gasteiger partial charge in [0.25, 0.3) is 0 Å². The Labute approximate surface area is 101 Å². The fourth-order valence-corrected chi connectivity index (χ4v) is 2.69. The minimum atomic E-state index is -0.485. The molecule has 1 fully saturated rings. The second kappa shape index (κ2) is 3.50. The molecule has 5 heteroatoms. The maximum absolute atomic E-state index is 12.9. The van der Waals surface area contributed by atoms with Gasteiger partial charge in [0.2, 0.25) is 5.95 Å². The van der Waals surface area contributed by atoms with Gasteiger partial charge < -0.3 is 0 Å². The summed E-state index contributed by atoms with van der Waals surface area (Å²) >= 11 is 7.75. The van der Waals surface area contributed by atoms with E-state index in [0.717, 1.165) is 29.1 Å². The number of nitrogens with zero attached hydrogens (tertiary/aromatic N) is 2. The molecule has 0 aliphatic heterocycles. The van der Waals surface area contributed by atoms with Crippen molar-refractivity contribution in [3.8, 4) is 10.6 Å². The van der Waals surface area contributed by atoms with Crippen LogP contribution in [0.5, 0.6) is 0 Å². The van der Waals surface area contributed by atoms with Gasteiger partial charge in [0.15, 0.2) is 0 Å². The summed E-state index contributed by atoms with van der Waals surface area (Å²) in [6, 6.07) is 3.13. The van der Waals surface area contributed by atoms with E-state index in [9.17, 15) is 4.39 Å². The Kier molecular flexibility index (Phi) is 2.23. The molecule has 1 aliphatic carbocycles. The molecule has 0 unspecified atom stereocenters. The topological polar surface area (TPSA) is 25.8 Å². The van der Waals surface area contributed by atoms with Gasteiger partial charge in [-0.3, -0.25) is 0 Å². The van der Waals surface area contributed by atoms with Gasteiger partial charge in [-0.1, -0.05) is 0 Å². The molecule has 0 N–H and O–H groups in total. The third-order valence-electron chi connectivity index (χ3n) is 2.63. The van der Waals surface area contributed by atoms with Crippen LogP contribution in [0.3, 0.4) is 0 Å². The number of halogens is 2. The smallest absolute Gasteiger partial charge is 0.213 e. The van der Waals surface area contributed by atoms with Crippen molar-refractivity contribution < 1.29 is 4.39 Å². The van der Waals surface area contributed by atoms with Crippen molar-refractivity contribution in [1.29, 1.82) is 0 Å². The Morgan fingerprint density at radius 2 is 2.25 bits per heavy atom. The predicted molar refractivity (Wildman–Crippen MR) is 62.1 cm³/mol. The number of hydrogen-bond donors (Lipinski definition) is 0. The van der Waals surface area contributed by atoms with Crippen molar-refractivity contribution in [2.75, 3.05) is 0 Å². The van der Waals surface area contributed by atoms with Crippen molar-refractivity contribution in [2.24, 2.45) is 0 Å². The van der Waals surface area contributed by atoms with E-state index in [0.29, 0.717) is 0 Å². The van der Waals surface area contributed by atoms with Crippen molar-refractivity contribution in [1.82, 2.24) is 9.97 Å². The largest absolute Gasteiger partial charge is 0.239 e. The van der Waals surface area contributed by atoms with Gasteiger partial charge in [0.1, 0.15) is 5.01 Å². The number of rotatable bonds is 2. The van der Waals surface area contributed by atoms with Crippen molar-refractivity contribution >= 4 is 22.9 Å². The Hall–Kier alpha value is -1.00. The monoisotopic (exact) mass is 254 g/mol. The average molecular weight is 255 g/mol. The van der Waals surface area contributed by atoms with Crippen LogP contribution >= 0.6 is 22.9 Å². The summed E-state index contributed by atoms with van der Waals surface area (Å²) in [5.74, 6) is -0.485. The van der Waals surface area contributed by atoms with Crippen molar-refractivity contribution in [2.45, 2.75) is 17.7 Å². The van der Waals surface area contributed by atoms with Crippen LogP contribution in [0.1, 0.15) is 18.5 Å². The van der Waals surface area contributed by atoms with E-state index in [4.69, 9.17) is 11.6 Å². The summed E-state index contributed by atoms with van der Waals surface area (Å²) in [6.07, 6.45) is 3.39. The first kappa shape index (κ1) is 10.2. The first-order valence-corrected chi connectivity index (χ1v) is 6.20. The summed E-state index contributed by atoms with van der Waals surface area (Å²) in [5.41, 5.74) is 1.66. The number of pyridine rings is 1. The van der Waals surface area contributed by atoms with Gasteiger partial charge in [0.05, 0.1) is 10.6 Å².